The zero-order valence-electron chi connectivity index (χ0n) is 16.5. The Morgan fingerprint density at radius 3 is 2.38 bits per heavy atom. The van der Waals surface area contributed by atoms with Crippen LogP contribution in [0.3, 0.4) is 0 Å². The number of likely N-dealkylation sites (tertiary alicyclic amines) is 1. The van der Waals surface area contributed by atoms with Gasteiger partial charge in [-0.15, -0.1) is 11.3 Å². The summed E-state index contributed by atoms with van der Waals surface area (Å²) >= 11 is 1.73. The molecular formula is C24H23N3OS. The lowest BCUT2D eigenvalue weighted by Crippen LogP contribution is -2.32. The third-order valence-electron chi connectivity index (χ3n) is 5.71. The number of epoxide rings is 1. The molecule has 2 atom stereocenters. The van der Waals surface area contributed by atoms with Crippen LogP contribution >= 0.6 is 11.3 Å². The highest BCUT2D eigenvalue weighted by molar-refractivity contribution is 7.15. The Bertz CT molecular complexity index is 1040. The Labute approximate surface area is 175 Å². The zero-order chi connectivity index (χ0) is 19.8. The van der Waals surface area contributed by atoms with E-state index in [4.69, 9.17) is 15.0 Å². The summed E-state index contributed by atoms with van der Waals surface area (Å²) in [5, 5.41) is 10.2. The summed E-state index contributed by atoms with van der Waals surface area (Å²) in [6, 6.07) is 18.5. The Hall–Kier alpha value is -2.52. The molecule has 4 nitrogen and oxygen atoms in total. The molecule has 2 saturated heterocycles. The van der Waals surface area contributed by atoms with Crippen LogP contribution < -0.4 is 0 Å². The van der Waals surface area contributed by atoms with E-state index in [0.717, 1.165) is 34.2 Å². The largest absolute Gasteiger partial charge is 0.345 e. The summed E-state index contributed by atoms with van der Waals surface area (Å²) < 4.78 is 6.07. The van der Waals surface area contributed by atoms with Gasteiger partial charge in [0.25, 0.3) is 0 Å². The van der Waals surface area contributed by atoms with Crippen molar-refractivity contribution in [1.29, 1.82) is 5.26 Å². The fourth-order valence-corrected chi connectivity index (χ4v) is 5.14. The van der Waals surface area contributed by atoms with Crippen molar-refractivity contribution in [2.75, 3.05) is 13.1 Å². The summed E-state index contributed by atoms with van der Waals surface area (Å²) in [5.74, 6) is 0. The minimum Gasteiger partial charge on any atom is -0.345 e. The second kappa shape index (κ2) is 7.72. The van der Waals surface area contributed by atoms with Gasteiger partial charge in [0.2, 0.25) is 0 Å². The van der Waals surface area contributed by atoms with E-state index >= 15 is 0 Å². The normalized spacial score (nSPS) is 21.7. The minimum absolute atomic E-state index is 0.0782. The molecule has 0 radical (unpaired) electrons. The Balaban J connectivity index is 1.50. The second-order valence-electron chi connectivity index (χ2n) is 7.83. The summed E-state index contributed by atoms with van der Waals surface area (Å²) in [4.78, 5) is 8.65. The van der Waals surface area contributed by atoms with Crippen LogP contribution in [0.1, 0.15) is 41.5 Å². The van der Waals surface area contributed by atoms with Crippen LogP contribution in [0.2, 0.25) is 0 Å². The Kier molecular flexibility index (Phi) is 4.92. The van der Waals surface area contributed by atoms with E-state index in [1.807, 2.05) is 24.3 Å². The van der Waals surface area contributed by atoms with Crippen molar-refractivity contribution in [3.8, 4) is 27.8 Å². The van der Waals surface area contributed by atoms with Crippen LogP contribution in [0.5, 0.6) is 0 Å². The van der Waals surface area contributed by atoms with Crippen molar-refractivity contribution < 1.29 is 4.74 Å². The number of hydrogen-bond donors (Lipinski definition) is 0. The predicted molar refractivity (Wildman–Crippen MR) is 115 cm³/mol. The van der Waals surface area contributed by atoms with Gasteiger partial charge in [0.1, 0.15) is 11.2 Å². The third kappa shape index (κ3) is 3.72. The quantitative estimate of drug-likeness (QED) is 0.539. The molecule has 0 N–H and O–H groups in total. The van der Waals surface area contributed by atoms with Crippen LogP contribution in [0.25, 0.3) is 21.7 Å². The van der Waals surface area contributed by atoms with Crippen LogP contribution in [-0.2, 0) is 4.74 Å². The molecule has 1 aromatic heterocycles. The van der Waals surface area contributed by atoms with Gasteiger partial charge in [-0.2, -0.15) is 5.26 Å². The van der Waals surface area contributed by atoms with Crippen LogP contribution in [0.15, 0.2) is 48.5 Å². The standard InChI is InChI=1S/C24H23N3OS/c1-16-5-9-19(10-6-16)22-20(18-11-7-17(15-25)8-12-18)26-23(29-22)21-24(28-21)27-13-3-2-4-14-27/h5-12,21,24H,2-4,13-14H2,1H3/t21?,24-/m1/s1. The molecule has 3 heterocycles. The number of piperidine rings is 1. The van der Waals surface area contributed by atoms with Gasteiger partial charge >= 0.3 is 0 Å². The van der Waals surface area contributed by atoms with E-state index in [2.05, 4.69) is 42.2 Å². The Morgan fingerprint density at radius 1 is 1.00 bits per heavy atom. The first-order valence-electron chi connectivity index (χ1n) is 10.2. The third-order valence-corrected chi connectivity index (χ3v) is 6.87. The molecule has 2 fully saturated rings. The smallest absolute Gasteiger partial charge is 0.151 e. The number of nitrogens with zero attached hydrogens (tertiary/aromatic N) is 3. The molecule has 0 bridgehead atoms. The molecule has 1 unspecified atom stereocenters. The van der Waals surface area contributed by atoms with Gasteiger partial charge in [0.15, 0.2) is 6.10 Å². The number of hydrogen-bond acceptors (Lipinski definition) is 5. The first kappa shape index (κ1) is 18.5. The summed E-state index contributed by atoms with van der Waals surface area (Å²) in [5.41, 5.74) is 5.10. The molecule has 0 saturated carbocycles. The van der Waals surface area contributed by atoms with E-state index in [9.17, 15) is 0 Å². The number of thiazole rings is 1. The molecule has 5 rings (SSSR count). The fourth-order valence-electron chi connectivity index (χ4n) is 3.99. The van der Waals surface area contributed by atoms with Gasteiger partial charge in [0.05, 0.1) is 22.2 Å². The van der Waals surface area contributed by atoms with Gasteiger partial charge in [-0.25, -0.2) is 4.98 Å². The molecule has 0 spiro atoms. The molecule has 5 heteroatoms. The number of benzene rings is 2. The highest BCUT2D eigenvalue weighted by Crippen LogP contribution is 2.47. The lowest BCUT2D eigenvalue weighted by atomic mass is 10.0. The molecule has 2 aliphatic rings. The van der Waals surface area contributed by atoms with E-state index in [1.54, 1.807) is 11.3 Å². The lowest BCUT2D eigenvalue weighted by molar-refractivity contribution is 0.149. The number of rotatable bonds is 4. The highest BCUT2D eigenvalue weighted by atomic mass is 32.1. The number of ether oxygens (including phenoxy) is 1. The molecule has 3 aromatic rings. The average Bonchev–Trinajstić information content (AvgIpc) is 3.46. The second-order valence-corrected chi connectivity index (χ2v) is 8.86. The highest BCUT2D eigenvalue weighted by Gasteiger charge is 2.47. The van der Waals surface area contributed by atoms with Crippen molar-refractivity contribution in [1.82, 2.24) is 9.88 Å². The molecule has 2 aliphatic heterocycles. The van der Waals surface area contributed by atoms with Crippen LogP contribution in [-0.4, -0.2) is 29.2 Å². The maximum Gasteiger partial charge on any atom is 0.151 e. The number of nitriles is 1. The number of aromatic nitrogens is 1. The predicted octanol–water partition coefficient (Wildman–Crippen LogP) is 5.54. The maximum absolute atomic E-state index is 9.11. The van der Waals surface area contributed by atoms with Crippen molar-refractivity contribution >= 4 is 11.3 Å². The first-order valence-corrected chi connectivity index (χ1v) is 11.0. The molecule has 2 aromatic carbocycles. The zero-order valence-corrected chi connectivity index (χ0v) is 17.3. The molecular weight excluding hydrogens is 378 g/mol. The summed E-state index contributed by atoms with van der Waals surface area (Å²) in [7, 11) is 0. The van der Waals surface area contributed by atoms with Crippen LogP contribution in [0.4, 0.5) is 0 Å². The van der Waals surface area contributed by atoms with E-state index in [0.29, 0.717) is 5.56 Å². The van der Waals surface area contributed by atoms with Crippen LogP contribution in [0, 0.1) is 18.3 Å². The van der Waals surface area contributed by atoms with E-state index in [1.165, 1.54) is 30.4 Å². The average molecular weight is 402 g/mol. The van der Waals surface area contributed by atoms with Gasteiger partial charge in [0, 0.05) is 18.7 Å². The van der Waals surface area contributed by atoms with Gasteiger partial charge in [-0.05, 0) is 37.5 Å². The van der Waals surface area contributed by atoms with Crippen molar-refractivity contribution in [2.24, 2.45) is 0 Å². The molecule has 0 amide bonds. The molecule has 0 aliphatic carbocycles. The van der Waals surface area contributed by atoms with Crippen molar-refractivity contribution in [3.63, 3.8) is 0 Å². The summed E-state index contributed by atoms with van der Waals surface area (Å²) in [6.07, 6.45) is 4.10. The molecule has 29 heavy (non-hydrogen) atoms. The minimum atomic E-state index is 0.0782. The van der Waals surface area contributed by atoms with E-state index in [-0.39, 0.29) is 12.3 Å². The maximum atomic E-state index is 9.11. The van der Waals surface area contributed by atoms with Gasteiger partial charge < -0.3 is 4.74 Å². The number of aryl methyl sites for hydroxylation is 1. The van der Waals surface area contributed by atoms with Gasteiger partial charge in [-0.1, -0.05) is 48.4 Å². The fraction of sp³-hybridized carbons (Fsp3) is 0.333. The monoisotopic (exact) mass is 401 g/mol. The summed E-state index contributed by atoms with van der Waals surface area (Å²) in [6.45, 7) is 4.35. The van der Waals surface area contributed by atoms with Crippen molar-refractivity contribution in [2.45, 2.75) is 38.5 Å². The Morgan fingerprint density at radius 2 is 1.69 bits per heavy atom. The molecule has 146 valence electrons. The first-order chi connectivity index (χ1) is 14.2. The SMILES string of the molecule is Cc1ccc(-c2sc(C3O[C@H]3N3CCCCC3)nc2-c2ccc(C#N)cc2)cc1. The van der Waals surface area contributed by atoms with Gasteiger partial charge in [-0.3, -0.25) is 4.90 Å². The lowest BCUT2D eigenvalue weighted by Gasteiger charge is -2.24. The van der Waals surface area contributed by atoms with E-state index < -0.39 is 0 Å². The van der Waals surface area contributed by atoms with Crippen molar-refractivity contribution in [3.05, 3.63) is 64.7 Å². The topological polar surface area (TPSA) is 52.5 Å².